The third-order valence-corrected chi connectivity index (χ3v) is 5.79. The van der Waals surface area contributed by atoms with Crippen LogP contribution in [0.1, 0.15) is 44.0 Å². The number of aromatic nitrogens is 3. The fourth-order valence-electron chi connectivity index (χ4n) is 3.87. The monoisotopic (exact) mass is 440 g/mol. The summed E-state index contributed by atoms with van der Waals surface area (Å²) < 4.78 is 3.55. The number of nitrogens with one attached hydrogen (secondary N) is 1. The second-order valence-corrected chi connectivity index (χ2v) is 8.36. The zero-order valence-electron chi connectivity index (χ0n) is 19.2. The Morgan fingerprint density at radius 2 is 1.48 bits per heavy atom. The molecule has 0 spiro atoms. The van der Waals surface area contributed by atoms with Gasteiger partial charge < -0.3 is 9.88 Å². The Kier molecular flexibility index (Phi) is 6.54. The van der Waals surface area contributed by atoms with E-state index in [2.05, 4.69) is 41.6 Å². The summed E-state index contributed by atoms with van der Waals surface area (Å²) >= 11 is 0. The normalized spacial score (nSPS) is 10.9. The maximum atomic E-state index is 12.9. The van der Waals surface area contributed by atoms with E-state index in [-0.39, 0.29) is 11.5 Å². The molecule has 0 aliphatic rings. The van der Waals surface area contributed by atoms with E-state index in [1.54, 1.807) is 22.9 Å². The molecule has 0 fully saturated rings. The maximum Gasteiger partial charge on any atom is 0.255 e. The van der Waals surface area contributed by atoms with Crippen LogP contribution in [0.4, 0.5) is 0 Å². The van der Waals surface area contributed by atoms with Crippen molar-refractivity contribution in [1.82, 2.24) is 19.7 Å². The minimum Gasteiger partial charge on any atom is -0.348 e. The molecule has 168 valence electrons. The lowest BCUT2D eigenvalue weighted by atomic mass is 10.1. The largest absolute Gasteiger partial charge is 0.348 e. The Morgan fingerprint density at radius 1 is 0.848 bits per heavy atom. The van der Waals surface area contributed by atoms with Gasteiger partial charge in [-0.25, -0.2) is 0 Å². The Hall–Kier alpha value is -3.93. The Morgan fingerprint density at radius 3 is 2.18 bits per heavy atom. The second kappa shape index (κ2) is 9.69. The SMILES string of the molecule is Cc1ccc(Cn2nc(C)c(C(=O)NCc3ccc(Cn4ccccc4=O)cc3)c2C)cc1. The van der Waals surface area contributed by atoms with Gasteiger partial charge in [0, 0.05) is 24.5 Å². The highest BCUT2D eigenvalue weighted by atomic mass is 16.1. The van der Waals surface area contributed by atoms with Crippen LogP contribution in [0.15, 0.2) is 77.7 Å². The van der Waals surface area contributed by atoms with Crippen molar-refractivity contribution in [2.75, 3.05) is 0 Å². The highest BCUT2D eigenvalue weighted by Crippen LogP contribution is 2.16. The first-order chi connectivity index (χ1) is 15.9. The Balaban J connectivity index is 1.39. The number of benzene rings is 2. The van der Waals surface area contributed by atoms with Crippen molar-refractivity contribution in [3.05, 3.63) is 122 Å². The van der Waals surface area contributed by atoms with Crippen LogP contribution >= 0.6 is 0 Å². The molecule has 0 aliphatic heterocycles. The van der Waals surface area contributed by atoms with Crippen LogP contribution < -0.4 is 10.9 Å². The molecule has 0 saturated heterocycles. The standard InChI is InChI=1S/C27H28N4O2/c1-19-7-9-24(10-8-19)18-31-21(3)26(20(2)29-31)27(33)28-16-22-11-13-23(14-12-22)17-30-15-5-4-6-25(30)32/h4-15H,16-18H2,1-3H3,(H,28,33). The summed E-state index contributed by atoms with van der Waals surface area (Å²) in [5, 5.41) is 7.60. The van der Waals surface area contributed by atoms with Gasteiger partial charge in [0.15, 0.2) is 0 Å². The molecule has 6 heteroatoms. The third kappa shape index (κ3) is 5.29. The molecule has 0 unspecified atom stereocenters. The van der Waals surface area contributed by atoms with Crippen LogP contribution in [0.25, 0.3) is 0 Å². The van der Waals surface area contributed by atoms with Gasteiger partial charge in [0.1, 0.15) is 0 Å². The van der Waals surface area contributed by atoms with E-state index >= 15 is 0 Å². The molecule has 33 heavy (non-hydrogen) atoms. The molecule has 1 amide bonds. The number of hydrogen-bond donors (Lipinski definition) is 1. The smallest absolute Gasteiger partial charge is 0.255 e. The second-order valence-electron chi connectivity index (χ2n) is 8.36. The fourth-order valence-corrected chi connectivity index (χ4v) is 3.87. The van der Waals surface area contributed by atoms with E-state index in [4.69, 9.17) is 0 Å². The van der Waals surface area contributed by atoms with Gasteiger partial charge in [-0.2, -0.15) is 5.10 Å². The van der Waals surface area contributed by atoms with Crippen molar-refractivity contribution in [2.24, 2.45) is 0 Å². The number of amides is 1. The molecule has 0 radical (unpaired) electrons. The summed E-state index contributed by atoms with van der Waals surface area (Å²) in [5.41, 5.74) is 6.57. The number of carbonyl (C=O) groups excluding carboxylic acids is 1. The van der Waals surface area contributed by atoms with E-state index in [1.807, 2.05) is 48.9 Å². The highest BCUT2D eigenvalue weighted by molar-refractivity contribution is 5.96. The quantitative estimate of drug-likeness (QED) is 0.472. The highest BCUT2D eigenvalue weighted by Gasteiger charge is 2.18. The lowest BCUT2D eigenvalue weighted by molar-refractivity contribution is 0.0949. The fraction of sp³-hybridized carbons (Fsp3) is 0.222. The molecular formula is C27H28N4O2. The summed E-state index contributed by atoms with van der Waals surface area (Å²) in [5.74, 6) is -0.125. The molecule has 0 atom stereocenters. The van der Waals surface area contributed by atoms with Gasteiger partial charge in [-0.3, -0.25) is 14.3 Å². The topological polar surface area (TPSA) is 68.9 Å². The first-order valence-corrected chi connectivity index (χ1v) is 11.0. The van der Waals surface area contributed by atoms with Gasteiger partial charge in [-0.15, -0.1) is 0 Å². The number of carbonyl (C=O) groups is 1. The average molecular weight is 441 g/mol. The number of hydrogen-bond acceptors (Lipinski definition) is 3. The van der Waals surface area contributed by atoms with Crippen molar-refractivity contribution in [2.45, 2.75) is 40.4 Å². The molecule has 0 aliphatic carbocycles. The number of pyridine rings is 1. The summed E-state index contributed by atoms with van der Waals surface area (Å²) in [6.07, 6.45) is 1.78. The van der Waals surface area contributed by atoms with Crippen LogP contribution in [-0.4, -0.2) is 20.3 Å². The molecule has 1 N–H and O–H groups in total. The van der Waals surface area contributed by atoms with Gasteiger partial charge in [0.05, 0.1) is 24.3 Å². The van der Waals surface area contributed by atoms with Gasteiger partial charge in [0.25, 0.3) is 11.5 Å². The molecular weight excluding hydrogens is 412 g/mol. The van der Waals surface area contributed by atoms with Crippen molar-refractivity contribution in [1.29, 1.82) is 0 Å². The zero-order chi connectivity index (χ0) is 23.4. The molecule has 0 bridgehead atoms. The van der Waals surface area contributed by atoms with Crippen molar-refractivity contribution < 1.29 is 4.79 Å². The summed E-state index contributed by atoms with van der Waals surface area (Å²) in [6.45, 7) is 7.44. The summed E-state index contributed by atoms with van der Waals surface area (Å²) in [4.78, 5) is 24.8. The van der Waals surface area contributed by atoms with E-state index in [9.17, 15) is 9.59 Å². The van der Waals surface area contributed by atoms with Crippen LogP contribution in [0.5, 0.6) is 0 Å². The Labute approximate surface area is 193 Å². The van der Waals surface area contributed by atoms with Crippen molar-refractivity contribution >= 4 is 5.91 Å². The van der Waals surface area contributed by atoms with Crippen molar-refractivity contribution in [3.63, 3.8) is 0 Å². The van der Waals surface area contributed by atoms with Gasteiger partial charge in [0.2, 0.25) is 0 Å². The maximum absolute atomic E-state index is 12.9. The molecule has 2 heterocycles. The van der Waals surface area contributed by atoms with Crippen LogP contribution in [0, 0.1) is 20.8 Å². The van der Waals surface area contributed by atoms with E-state index in [0.29, 0.717) is 25.2 Å². The molecule has 0 saturated carbocycles. The first kappa shape index (κ1) is 22.3. The summed E-state index contributed by atoms with van der Waals surface area (Å²) in [7, 11) is 0. The van der Waals surface area contributed by atoms with Crippen LogP contribution in [0.3, 0.4) is 0 Å². The van der Waals surface area contributed by atoms with Crippen molar-refractivity contribution in [3.8, 4) is 0 Å². The zero-order valence-corrected chi connectivity index (χ0v) is 19.2. The van der Waals surface area contributed by atoms with Crippen LogP contribution in [0.2, 0.25) is 0 Å². The van der Waals surface area contributed by atoms with Gasteiger partial charge in [-0.05, 0) is 43.5 Å². The molecule has 2 aromatic carbocycles. The third-order valence-electron chi connectivity index (χ3n) is 5.79. The average Bonchev–Trinajstić information content (AvgIpc) is 3.09. The number of aryl methyl sites for hydroxylation is 2. The van der Waals surface area contributed by atoms with Crippen LogP contribution in [-0.2, 0) is 19.6 Å². The summed E-state index contributed by atoms with van der Waals surface area (Å²) in [6, 6.07) is 21.4. The predicted molar refractivity (Wildman–Crippen MR) is 129 cm³/mol. The van der Waals surface area contributed by atoms with Gasteiger partial charge in [-0.1, -0.05) is 60.2 Å². The minimum absolute atomic E-state index is 0.0255. The lowest BCUT2D eigenvalue weighted by Gasteiger charge is -2.09. The molecule has 6 nitrogen and oxygen atoms in total. The Bertz CT molecular complexity index is 1320. The van der Waals surface area contributed by atoms with Gasteiger partial charge >= 0.3 is 0 Å². The predicted octanol–water partition coefficient (Wildman–Crippen LogP) is 4.00. The van der Waals surface area contributed by atoms with E-state index < -0.39 is 0 Å². The number of nitrogens with zero attached hydrogens (tertiary/aromatic N) is 3. The lowest BCUT2D eigenvalue weighted by Crippen LogP contribution is -2.24. The molecule has 4 rings (SSSR count). The van der Waals surface area contributed by atoms with E-state index in [1.165, 1.54) is 5.56 Å². The molecule has 2 aromatic heterocycles. The minimum atomic E-state index is -0.125. The molecule has 4 aromatic rings. The van der Waals surface area contributed by atoms with E-state index in [0.717, 1.165) is 28.1 Å². The first-order valence-electron chi connectivity index (χ1n) is 11.0. The number of rotatable bonds is 7.